The van der Waals surface area contributed by atoms with Gasteiger partial charge in [-0.2, -0.15) is 0 Å². The molecule has 0 N–H and O–H groups in total. The molecule has 0 saturated heterocycles. The van der Waals surface area contributed by atoms with Crippen LogP contribution in [0.3, 0.4) is 0 Å². The molecule has 2 aromatic carbocycles. The summed E-state index contributed by atoms with van der Waals surface area (Å²) in [6.07, 6.45) is 0. The predicted octanol–water partition coefficient (Wildman–Crippen LogP) is 5.58. The lowest BCUT2D eigenvalue weighted by atomic mass is 9.49. The van der Waals surface area contributed by atoms with Crippen LogP contribution >= 0.6 is 23.2 Å². The monoisotopic (exact) mass is 404 g/mol. The maximum Gasteiger partial charge on any atom is 0.317 e. The first-order valence-electron chi connectivity index (χ1n) is 8.83. The van der Waals surface area contributed by atoms with Crippen molar-refractivity contribution in [2.45, 2.75) is 44.6 Å². The van der Waals surface area contributed by atoms with Crippen LogP contribution in [0.5, 0.6) is 0 Å². The third-order valence-electron chi connectivity index (χ3n) is 5.08. The van der Waals surface area contributed by atoms with E-state index in [0.29, 0.717) is 10.0 Å². The van der Waals surface area contributed by atoms with Crippen molar-refractivity contribution >= 4 is 35.0 Å². The molecular formula is C22H22Cl2O3. The Kier molecular flexibility index (Phi) is 5.13. The van der Waals surface area contributed by atoms with Crippen LogP contribution in [0.2, 0.25) is 10.0 Å². The molecule has 0 spiro atoms. The smallest absolute Gasteiger partial charge is 0.317 e. The van der Waals surface area contributed by atoms with E-state index < -0.39 is 22.9 Å². The summed E-state index contributed by atoms with van der Waals surface area (Å²) in [6.45, 7) is 7.26. The molecule has 27 heavy (non-hydrogen) atoms. The number of hydrogen-bond acceptors (Lipinski definition) is 3. The van der Waals surface area contributed by atoms with Crippen LogP contribution in [0.25, 0.3) is 0 Å². The molecule has 5 heteroatoms. The zero-order valence-electron chi connectivity index (χ0n) is 15.8. The van der Waals surface area contributed by atoms with Crippen LogP contribution in [0, 0.1) is 5.92 Å². The van der Waals surface area contributed by atoms with Gasteiger partial charge in [0, 0.05) is 16.0 Å². The SMILES string of the molecule is CC(C)(C)OC(=O)C1C(=O)C(C)(c2ccc(Cl)cc2)C1c1ccc(Cl)cc1. The summed E-state index contributed by atoms with van der Waals surface area (Å²) in [6, 6.07) is 14.5. The van der Waals surface area contributed by atoms with Crippen LogP contribution in [0.1, 0.15) is 44.7 Å². The van der Waals surface area contributed by atoms with Gasteiger partial charge in [0.05, 0.1) is 5.41 Å². The van der Waals surface area contributed by atoms with Crippen molar-refractivity contribution in [2.24, 2.45) is 5.92 Å². The number of benzene rings is 2. The molecule has 2 aromatic rings. The minimum atomic E-state index is -0.842. The topological polar surface area (TPSA) is 43.4 Å². The van der Waals surface area contributed by atoms with E-state index in [1.54, 1.807) is 45.0 Å². The Morgan fingerprint density at radius 2 is 1.44 bits per heavy atom. The van der Waals surface area contributed by atoms with E-state index in [1.165, 1.54) is 0 Å². The van der Waals surface area contributed by atoms with Crippen LogP contribution in [0.15, 0.2) is 48.5 Å². The van der Waals surface area contributed by atoms with Gasteiger partial charge in [-0.1, -0.05) is 47.5 Å². The van der Waals surface area contributed by atoms with E-state index in [1.807, 2.05) is 31.2 Å². The van der Waals surface area contributed by atoms with Crippen molar-refractivity contribution in [3.8, 4) is 0 Å². The molecule has 3 nitrogen and oxygen atoms in total. The number of hydrogen-bond donors (Lipinski definition) is 0. The van der Waals surface area contributed by atoms with E-state index >= 15 is 0 Å². The molecule has 1 fully saturated rings. The Bertz CT molecular complexity index is 866. The van der Waals surface area contributed by atoms with Gasteiger partial charge in [0.2, 0.25) is 0 Å². The van der Waals surface area contributed by atoms with Gasteiger partial charge in [-0.05, 0) is 63.1 Å². The standard InChI is InChI=1S/C22H22Cl2O3/c1-21(2,3)27-20(26)17-18(13-5-9-15(23)10-6-13)22(4,19(17)25)14-7-11-16(24)12-8-14/h5-12,17-18H,1-4H3. The van der Waals surface area contributed by atoms with Crippen LogP contribution in [-0.4, -0.2) is 17.4 Å². The summed E-state index contributed by atoms with van der Waals surface area (Å²) in [5, 5.41) is 1.20. The number of ketones is 1. The van der Waals surface area contributed by atoms with Gasteiger partial charge in [-0.25, -0.2) is 0 Å². The number of rotatable bonds is 3. The van der Waals surface area contributed by atoms with E-state index in [9.17, 15) is 9.59 Å². The fourth-order valence-electron chi connectivity index (χ4n) is 3.79. The van der Waals surface area contributed by atoms with Crippen LogP contribution in [0.4, 0.5) is 0 Å². The van der Waals surface area contributed by atoms with Gasteiger partial charge >= 0.3 is 5.97 Å². The molecule has 3 unspecified atom stereocenters. The molecule has 0 aliphatic heterocycles. The predicted molar refractivity (Wildman–Crippen MR) is 107 cm³/mol. The number of ether oxygens (including phenoxy) is 1. The van der Waals surface area contributed by atoms with Gasteiger partial charge in [-0.15, -0.1) is 0 Å². The largest absolute Gasteiger partial charge is 0.459 e. The second-order valence-electron chi connectivity index (χ2n) is 8.11. The quantitative estimate of drug-likeness (QED) is 0.495. The molecule has 1 aliphatic rings. The fourth-order valence-corrected chi connectivity index (χ4v) is 4.04. The minimum absolute atomic E-state index is 0.140. The lowest BCUT2D eigenvalue weighted by Crippen LogP contribution is -2.61. The summed E-state index contributed by atoms with van der Waals surface area (Å²) in [4.78, 5) is 26.0. The van der Waals surface area contributed by atoms with Gasteiger partial charge in [-0.3, -0.25) is 9.59 Å². The second-order valence-corrected chi connectivity index (χ2v) is 8.99. The highest BCUT2D eigenvalue weighted by molar-refractivity contribution is 6.30. The normalized spacial score (nSPS) is 25.0. The summed E-state index contributed by atoms with van der Waals surface area (Å²) >= 11 is 12.0. The number of Topliss-reactive ketones (excluding diaryl/α,β-unsaturated/α-hetero) is 1. The highest BCUT2D eigenvalue weighted by Gasteiger charge is 2.63. The zero-order valence-corrected chi connectivity index (χ0v) is 17.3. The first-order valence-corrected chi connectivity index (χ1v) is 9.58. The third kappa shape index (κ3) is 3.63. The minimum Gasteiger partial charge on any atom is -0.459 e. The molecule has 0 aromatic heterocycles. The molecule has 3 atom stereocenters. The summed E-state index contributed by atoms with van der Waals surface area (Å²) in [5.74, 6) is -1.80. The third-order valence-corrected chi connectivity index (χ3v) is 5.59. The molecule has 0 amide bonds. The number of halogens is 2. The molecule has 0 heterocycles. The van der Waals surface area contributed by atoms with Gasteiger partial charge < -0.3 is 4.74 Å². The van der Waals surface area contributed by atoms with Crippen molar-refractivity contribution in [1.29, 1.82) is 0 Å². The molecule has 1 aliphatic carbocycles. The lowest BCUT2D eigenvalue weighted by molar-refractivity contribution is -0.171. The highest BCUT2D eigenvalue weighted by Crippen LogP contribution is 2.56. The summed E-state index contributed by atoms with van der Waals surface area (Å²) < 4.78 is 5.53. The average Bonchev–Trinajstić information content (AvgIpc) is 2.58. The lowest BCUT2D eigenvalue weighted by Gasteiger charge is -2.51. The van der Waals surface area contributed by atoms with E-state index in [2.05, 4.69) is 0 Å². The Morgan fingerprint density at radius 3 is 1.93 bits per heavy atom. The maximum atomic E-state index is 13.2. The van der Waals surface area contributed by atoms with Crippen molar-refractivity contribution in [1.82, 2.24) is 0 Å². The van der Waals surface area contributed by atoms with E-state index in [4.69, 9.17) is 27.9 Å². The Labute approximate surface area is 169 Å². The first kappa shape index (κ1) is 19.9. The number of esters is 1. The van der Waals surface area contributed by atoms with Crippen molar-refractivity contribution in [3.05, 3.63) is 69.7 Å². The molecule has 1 saturated carbocycles. The van der Waals surface area contributed by atoms with Gasteiger partial charge in [0.15, 0.2) is 5.78 Å². The van der Waals surface area contributed by atoms with Crippen molar-refractivity contribution in [3.63, 3.8) is 0 Å². The maximum absolute atomic E-state index is 13.2. The first-order chi connectivity index (χ1) is 12.5. The second kappa shape index (κ2) is 6.96. The Hall–Kier alpha value is -1.84. The Balaban J connectivity index is 2.05. The molecule has 0 radical (unpaired) electrons. The fraction of sp³-hybridized carbons (Fsp3) is 0.364. The number of carbonyl (C=O) groups excluding carboxylic acids is 2. The zero-order chi connectivity index (χ0) is 20.0. The van der Waals surface area contributed by atoms with Crippen molar-refractivity contribution in [2.75, 3.05) is 0 Å². The van der Waals surface area contributed by atoms with Crippen molar-refractivity contribution < 1.29 is 14.3 Å². The van der Waals surface area contributed by atoms with Gasteiger partial charge in [0.1, 0.15) is 11.5 Å². The molecule has 142 valence electrons. The highest BCUT2D eigenvalue weighted by atomic mass is 35.5. The Morgan fingerprint density at radius 1 is 0.963 bits per heavy atom. The number of carbonyl (C=O) groups is 2. The van der Waals surface area contributed by atoms with Crippen LogP contribution in [-0.2, 0) is 19.7 Å². The average molecular weight is 405 g/mol. The van der Waals surface area contributed by atoms with Crippen LogP contribution < -0.4 is 0 Å². The van der Waals surface area contributed by atoms with E-state index in [0.717, 1.165) is 11.1 Å². The summed E-state index contributed by atoms with van der Waals surface area (Å²) in [5.41, 5.74) is 0.220. The molecular weight excluding hydrogens is 383 g/mol. The van der Waals surface area contributed by atoms with Gasteiger partial charge in [0.25, 0.3) is 0 Å². The summed E-state index contributed by atoms with van der Waals surface area (Å²) in [7, 11) is 0. The molecule has 0 bridgehead atoms. The molecule has 3 rings (SSSR count). The van der Waals surface area contributed by atoms with E-state index in [-0.39, 0.29) is 11.7 Å².